The average Bonchev–Trinajstić information content (AvgIpc) is 3.44. The van der Waals surface area contributed by atoms with Crippen LogP contribution in [0.5, 0.6) is 11.5 Å². The number of nitrogens with zero attached hydrogens (tertiary/aromatic N) is 3. The Kier molecular flexibility index (Phi) is 6.42. The van der Waals surface area contributed by atoms with Crippen molar-refractivity contribution >= 4 is 22.6 Å². The predicted octanol–water partition coefficient (Wildman–Crippen LogP) is 4.31. The second kappa shape index (κ2) is 9.80. The van der Waals surface area contributed by atoms with E-state index in [-0.39, 0.29) is 18.4 Å². The molecule has 3 aromatic carbocycles. The summed E-state index contributed by atoms with van der Waals surface area (Å²) in [6, 6.07) is 23.1. The third-order valence-corrected chi connectivity index (χ3v) is 6.42. The minimum Gasteiger partial charge on any atom is -0.497 e. The fraction of sp³-hybridized carbons (Fsp3) is 0.286. The Morgan fingerprint density at radius 2 is 1.74 bits per heavy atom. The van der Waals surface area contributed by atoms with E-state index in [4.69, 9.17) is 14.5 Å². The predicted molar refractivity (Wildman–Crippen MR) is 135 cm³/mol. The average molecular weight is 472 g/mol. The number of aliphatic hydroxyl groups is 1. The van der Waals surface area contributed by atoms with Gasteiger partial charge in [0.05, 0.1) is 24.7 Å². The van der Waals surface area contributed by atoms with Crippen LogP contribution in [0, 0.1) is 6.92 Å². The van der Waals surface area contributed by atoms with Crippen LogP contribution < -0.4 is 14.4 Å². The number of benzene rings is 3. The highest BCUT2D eigenvalue weighted by Gasteiger charge is 2.35. The molecule has 0 bridgehead atoms. The molecular weight excluding hydrogens is 442 g/mol. The number of fused-ring (bicyclic) bond motifs is 1. The van der Waals surface area contributed by atoms with Crippen LogP contribution >= 0.6 is 0 Å². The monoisotopic (exact) mass is 471 g/mol. The third kappa shape index (κ3) is 4.86. The Labute approximate surface area is 204 Å². The molecule has 7 heteroatoms. The molecule has 1 aliphatic heterocycles. The Morgan fingerprint density at radius 1 is 1.03 bits per heavy atom. The molecule has 180 valence electrons. The molecule has 0 saturated carbocycles. The van der Waals surface area contributed by atoms with Gasteiger partial charge in [0, 0.05) is 24.6 Å². The first-order valence-electron chi connectivity index (χ1n) is 11.8. The van der Waals surface area contributed by atoms with Gasteiger partial charge in [0.1, 0.15) is 30.0 Å². The number of hydrogen-bond donors (Lipinski definition) is 1. The largest absolute Gasteiger partial charge is 0.497 e. The molecule has 2 atom stereocenters. The Balaban J connectivity index is 1.36. The number of aromatic nitrogens is 2. The van der Waals surface area contributed by atoms with Crippen LogP contribution in [-0.2, 0) is 11.3 Å². The number of amides is 1. The second-order valence-corrected chi connectivity index (χ2v) is 8.95. The number of para-hydroxylation sites is 2. The molecule has 5 rings (SSSR count). The van der Waals surface area contributed by atoms with Crippen LogP contribution in [0.1, 0.15) is 23.7 Å². The number of rotatable bonds is 8. The van der Waals surface area contributed by atoms with Crippen molar-refractivity contribution in [2.24, 2.45) is 0 Å². The summed E-state index contributed by atoms with van der Waals surface area (Å²) in [5, 5.41) is 10.8. The molecule has 1 saturated heterocycles. The number of methoxy groups -OCH3 is 1. The summed E-state index contributed by atoms with van der Waals surface area (Å²) >= 11 is 0. The summed E-state index contributed by atoms with van der Waals surface area (Å²) in [6.45, 7) is 3.05. The van der Waals surface area contributed by atoms with Crippen molar-refractivity contribution < 1.29 is 19.4 Å². The zero-order valence-corrected chi connectivity index (χ0v) is 19.9. The lowest BCUT2D eigenvalue weighted by Gasteiger charge is -2.19. The summed E-state index contributed by atoms with van der Waals surface area (Å²) in [4.78, 5) is 19.6. The SMILES string of the molecule is COc1ccc(N2C[C@@H](c3nc4ccccc4n3C[C@H](O)COc3ccc(C)cc3)CC2=O)cc1. The number of anilines is 1. The standard InChI is InChI=1S/C28H29N3O4/c1-19-7-11-24(12-8-19)35-18-22(32)17-31-26-6-4-3-5-25(26)29-28(31)20-15-27(33)30(16-20)21-9-13-23(34-2)14-10-21/h3-14,20,22,32H,15-18H2,1-2H3/t20-,22-/m0/s1. The summed E-state index contributed by atoms with van der Waals surface area (Å²) in [5.74, 6) is 2.26. The fourth-order valence-corrected chi connectivity index (χ4v) is 4.58. The number of carbonyl (C=O) groups is 1. The van der Waals surface area contributed by atoms with Gasteiger partial charge in [-0.15, -0.1) is 0 Å². The van der Waals surface area contributed by atoms with Crippen molar-refractivity contribution in [3.8, 4) is 11.5 Å². The van der Waals surface area contributed by atoms with E-state index in [1.807, 2.05) is 84.3 Å². The number of hydrogen-bond acceptors (Lipinski definition) is 5. The van der Waals surface area contributed by atoms with E-state index in [1.165, 1.54) is 0 Å². The fourth-order valence-electron chi connectivity index (χ4n) is 4.58. The van der Waals surface area contributed by atoms with Gasteiger partial charge in [0.15, 0.2) is 0 Å². The van der Waals surface area contributed by atoms with Gasteiger partial charge in [-0.2, -0.15) is 0 Å². The van der Waals surface area contributed by atoms with Crippen molar-refractivity contribution in [3.63, 3.8) is 0 Å². The van der Waals surface area contributed by atoms with Gasteiger partial charge >= 0.3 is 0 Å². The van der Waals surface area contributed by atoms with Gasteiger partial charge < -0.3 is 24.0 Å². The number of imidazole rings is 1. The van der Waals surface area contributed by atoms with Crippen LogP contribution in [0.15, 0.2) is 72.8 Å². The van der Waals surface area contributed by atoms with Gasteiger partial charge in [-0.25, -0.2) is 4.98 Å². The van der Waals surface area contributed by atoms with Crippen LogP contribution in [0.25, 0.3) is 11.0 Å². The van der Waals surface area contributed by atoms with E-state index in [9.17, 15) is 9.90 Å². The van der Waals surface area contributed by atoms with Crippen LogP contribution in [0.4, 0.5) is 5.69 Å². The van der Waals surface area contributed by atoms with Gasteiger partial charge in [-0.1, -0.05) is 29.8 Å². The lowest BCUT2D eigenvalue weighted by molar-refractivity contribution is -0.117. The molecule has 1 amide bonds. The quantitative estimate of drug-likeness (QED) is 0.414. The molecule has 0 unspecified atom stereocenters. The van der Waals surface area contributed by atoms with E-state index in [0.29, 0.717) is 19.5 Å². The van der Waals surface area contributed by atoms with E-state index >= 15 is 0 Å². The number of ether oxygens (including phenoxy) is 2. The topological polar surface area (TPSA) is 76.8 Å². The van der Waals surface area contributed by atoms with E-state index in [1.54, 1.807) is 12.0 Å². The first-order valence-corrected chi connectivity index (χ1v) is 11.8. The molecule has 1 aromatic heterocycles. The highest BCUT2D eigenvalue weighted by Crippen LogP contribution is 2.34. The van der Waals surface area contributed by atoms with Gasteiger partial charge in [0.25, 0.3) is 0 Å². The normalized spacial score (nSPS) is 16.6. The summed E-state index contributed by atoms with van der Waals surface area (Å²) in [7, 11) is 1.62. The molecular formula is C28H29N3O4. The van der Waals surface area contributed by atoms with E-state index in [2.05, 4.69) is 0 Å². The molecule has 35 heavy (non-hydrogen) atoms. The minimum absolute atomic E-state index is 0.0574. The maximum absolute atomic E-state index is 12.9. The number of aliphatic hydroxyl groups excluding tert-OH is 1. The molecule has 0 aliphatic carbocycles. The minimum atomic E-state index is -0.734. The zero-order chi connectivity index (χ0) is 24.4. The zero-order valence-electron chi connectivity index (χ0n) is 19.9. The lowest BCUT2D eigenvalue weighted by atomic mass is 10.1. The highest BCUT2D eigenvalue weighted by atomic mass is 16.5. The molecule has 1 aliphatic rings. The van der Waals surface area contributed by atoms with Crippen molar-refractivity contribution in [2.75, 3.05) is 25.2 Å². The third-order valence-electron chi connectivity index (χ3n) is 6.42. The molecule has 7 nitrogen and oxygen atoms in total. The molecule has 0 radical (unpaired) electrons. The smallest absolute Gasteiger partial charge is 0.227 e. The Morgan fingerprint density at radius 3 is 2.49 bits per heavy atom. The Hall–Kier alpha value is -3.84. The van der Waals surface area contributed by atoms with E-state index in [0.717, 1.165) is 39.6 Å². The van der Waals surface area contributed by atoms with Crippen LogP contribution in [-0.4, -0.2) is 46.9 Å². The summed E-state index contributed by atoms with van der Waals surface area (Å²) in [5.41, 5.74) is 3.78. The maximum atomic E-state index is 12.9. The lowest BCUT2D eigenvalue weighted by Crippen LogP contribution is -2.26. The number of aryl methyl sites for hydroxylation is 1. The van der Waals surface area contributed by atoms with Crippen LogP contribution in [0.2, 0.25) is 0 Å². The van der Waals surface area contributed by atoms with Crippen molar-refractivity contribution in [3.05, 3.63) is 84.2 Å². The summed E-state index contributed by atoms with van der Waals surface area (Å²) in [6.07, 6.45) is -0.367. The molecule has 4 aromatic rings. The Bertz CT molecular complexity index is 1310. The molecule has 0 spiro atoms. The summed E-state index contributed by atoms with van der Waals surface area (Å²) < 4.78 is 13.1. The maximum Gasteiger partial charge on any atom is 0.227 e. The van der Waals surface area contributed by atoms with Crippen molar-refractivity contribution in [1.29, 1.82) is 0 Å². The van der Waals surface area contributed by atoms with Gasteiger partial charge in [-0.05, 0) is 55.5 Å². The molecule has 1 N–H and O–H groups in total. The first-order chi connectivity index (χ1) is 17.0. The second-order valence-electron chi connectivity index (χ2n) is 8.95. The van der Waals surface area contributed by atoms with Gasteiger partial charge in [0.2, 0.25) is 5.91 Å². The van der Waals surface area contributed by atoms with Crippen molar-refractivity contribution in [2.45, 2.75) is 31.9 Å². The highest BCUT2D eigenvalue weighted by molar-refractivity contribution is 5.96. The number of carbonyl (C=O) groups excluding carboxylic acids is 1. The molecule has 2 heterocycles. The first kappa shape index (κ1) is 22.9. The van der Waals surface area contributed by atoms with Gasteiger partial charge in [-0.3, -0.25) is 4.79 Å². The molecule has 1 fully saturated rings. The van der Waals surface area contributed by atoms with E-state index < -0.39 is 6.10 Å². The van der Waals surface area contributed by atoms with Crippen LogP contribution in [0.3, 0.4) is 0 Å². The van der Waals surface area contributed by atoms with Crippen molar-refractivity contribution in [1.82, 2.24) is 9.55 Å².